The van der Waals surface area contributed by atoms with E-state index in [9.17, 15) is 4.79 Å². The van der Waals surface area contributed by atoms with Crippen molar-refractivity contribution in [1.29, 1.82) is 0 Å². The number of carbonyl (C=O) groups excluding carboxylic acids is 1. The van der Waals surface area contributed by atoms with Crippen LogP contribution in [0.25, 0.3) is 11.3 Å². The average Bonchev–Trinajstić information content (AvgIpc) is 3.25. The van der Waals surface area contributed by atoms with Crippen LogP contribution in [0.3, 0.4) is 0 Å². The molecular formula is C21H20N2O3S. The minimum absolute atomic E-state index is 0.196. The number of carbonyl (C=O) groups is 1. The predicted molar refractivity (Wildman–Crippen MR) is 104 cm³/mol. The summed E-state index contributed by atoms with van der Waals surface area (Å²) in [4.78, 5) is 20.9. The van der Waals surface area contributed by atoms with Crippen LogP contribution in [0.2, 0.25) is 0 Å². The fraction of sp³-hybridized carbons (Fsp3) is 0.286. The Morgan fingerprint density at radius 2 is 1.96 bits per heavy atom. The lowest BCUT2D eigenvalue weighted by Gasteiger charge is -2.36. The fourth-order valence-electron chi connectivity index (χ4n) is 3.53. The lowest BCUT2D eigenvalue weighted by molar-refractivity contribution is 0.0597. The molecule has 1 saturated heterocycles. The van der Waals surface area contributed by atoms with Gasteiger partial charge in [-0.3, -0.25) is 4.98 Å². The lowest BCUT2D eigenvalue weighted by atomic mass is 9.74. The number of esters is 1. The number of hydrogen-bond donors (Lipinski definition) is 0. The smallest absolute Gasteiger partial charge is 0.337 e. The molecule has 27 heavy (non-hydrogen) atoms. The molecule has 0 spiro atoms. The van der Waals surface area contributed by atoms with Crippen molar-refractivity contribution in [3.8, 4) is 11.3 Å². The minimum atomic E-state index is -0.323. The molecule has 5 nitrogen and oxygen atoms in total. The van der Waals surface area contributed by atoms with E-state index >= 15 is 0 Å². The number of benzene rings is 1. The predicted octanol–water partition coefficient (Wildman–Crippen LogP) is 4.09. The maximum Gasteiger partial charge on any atom is 0.337 e. The molecule has 6 heteroatoms. The SMILES string of the molecule is COC(=O)c1ccc(C2(c3nc(-c4cccnc4)cs3)CCOCC2)cc1. The number of ether oxygens (including phenoxy) is 2. The zero-order chi connectivity index (χ0) is 18.7. The van der Waals surface area contributed by atoms with Gasteiger partial charge in [0.15, 0.2) is 0 Å². The summed E-state index contributed by atoms with van der Waals surface area (Å²) in [5.74, 6) is -0.323. The van der Waals surface area contributed by atoms with Crippen LogP contribution in [0, 0.1) is 0 Å². The van der Waals surface area contributed by atoms with E-state index in [2.05, 4.69) is 10.4 Å². The Hall–Kier alpha value is -2.57. The molecule has 4 rings (SSSR count). The Labute approximate surface area is 162 Å². The van der Waals surface area contributed by atoms with E-state index in [1.807, 2.05) is 42.6 Å². The molecule has 0 radical (unpaired) electrons. The van der Waals surface area contributed by atoms with Crippen LogP contribution in [0.4, 0.5) is 0 Å². The molecule has 0 saturated carbocycles. The number of pyridine rings is 1. The molecule has 3 heterocycles. The number of aromatic nitrogens is 2. The molecule has 1 aliphatic heterocycles. The molecule has 0 N–H and O–H groups in total. The van der Waals surface area contributed by atoms with Crippen molar-refractivity contribution in [2.45, 2.75) is 18.3 Å². The first-order valence-electron chi connectivity index (χ1n) is 8.86. The monoisotopic (exact) mass is 380 g/mol. The molecule has 0 unspecified atom stereocenters. The van der Waals surface area contributed by atoms with Gasteiger partial charge in [0.05, 0.1) is 23.8 Å². The Kier molecular flexibility index (Phi) is 5.01. The quantitative estimate of drug-likeness (QED) is 0.638. The van der Waals surface area contributed by atoms with Gasteiger partial charge in [0.25, 0.3) is 0 Å². The van der Waals surface area contributed by atoms with Crippen LogP contribution in [0.1, 0.15) is 33.8 Å². The minimum Gasteiger partial charge on any atom is -0.465 e. The molecule has 1 fully saturated rings. The van der Waals surface area contributed by atoms with Crippen LogP contribution in [0.5, 0.6) is 0 Å². The van der Waals surface area contributed by atoms with E-state index < -0.39 is 0 Å². The van der Waals surface area contributed by atoms with Gasteiger partial charge in [-0.1, -0.05) is 12.1 Å². The normalized spacial score (nSPS) is 16.0. The van der Waals surface area contributed by atoms with Gasteiger partial charge in [0.2, 0.25) is 0 Å². The van der Waals surface area contributed by atoms with Crippen molar-refractivity contribution in [3.63, 3.8) is 0 Å². The van der Waals surface area contributed by atoms with Crippen molar-refractivity contribution >= 4 is 17.3 Å². The Morgan fingerprint density at radius 1 is 1.19 bits per heavy atom. The first kappa shape index (κ1) is 17.8. The largest absolute Gasteiger partial charge is 0.465 e. The third kappa shape index (κ3) is 3.38. The highest BCUT2D eigenvalue weighted by Crippen LogP contribution is 2.43. The van der Waals surface area contributed by atoms with Gasteiger partial charge in [-0.15, -0.1) is 11.3 Å². The highest BCUT2D eigenvalue weighted by molar-refractivity contribution is 7.10. The van der Waals surface area contributed by atoms with Gasteiger partial charge in [0, 0.05) is 36.6 Å². The molecule has 0 amide bonds. The third-order valence-electron chi connectivity index (χ3n) is 5.08. The van der Waals surface area contributed by atoms with Gasteiger partial charge in [0.1, 0.15) is 5.01 Å². The number of nitrogens with zero attached hydrogens (tertiary/aromatic N) is 2. The van der Waals surface area contributed by atoms with Crippen LogP contribution in [-0.2, 0) is 14.9 Å². The van der Waals surface area contributed by atoms with E-state index in [0.29, 0.717) is 18.8 Å². The highest BCUT2D eigenvalue weighted by Gasteiger charge is 2.39. The number of hydrogen-bond acceptors (Lipinski definition) is 6. The van der Waals surface area contributed by atoms with Gasteiger partial charge in [-0.05, 0) is 42.7 Å². The summed E-state index contributed by atoms with van der Waals surface area (Å²) < 4.78 is 10.4. The fourth-order valence-corrected chi connectivity index (χ4v) is 4.64. The van der Waals surface area contributed by atoms with E-state index in [1.165, 1.54) is 7.11 Å². The maximum absolute atomic E-state index is 11.8. The Morgan fingerprint density at radius 3 is 2.63 bits per heavy atom. The zero-order valence-electron chi connectivity index (χ0n) is 15.1. The summed E-state index contributed by atoms with van der Waals surface area (Å²) >= 11 is 1.67. The summed E-state index contributed by atoms with van der Waals surface area (Å²) in [7, 11) is 1.39. The number of rotatable bonds is 4. The van der Waals surface area contributed by atoms with E-state index in [1.54, 1.807) is 17.5 Å². The number of thiazole rings is 1. The second kappa shape index (κ2) is 7.58. The second-order valence-electron chi connectivity index (χ2n) is 6.54. The van der Waals surface area contributed by atoms with Crippen molar-refractivity contribution in [2.24, 2.45) is 0 Å². The van der Waals surface area contributed by atoms with Crippen molar-refractivity contribution in [1.82, 2.24) is 9.97 Å². The molecule has 2 aromatic heterocycles. The summed E-state index contributed by atoms with van der Waals surface area (Å²) in [6.07, 6.45) is 5.33. The van der Waals surface area contributed by atoms with Gasteiger partial charge in [-0.25, -0.2) is 9.78 Å². The summed E-state index contributed by atoms with van der Waals surface area (Å²) in [5.41, 5.74) is 3.48. The van der Waals surface area contributed by atoms with Gasteiger partial charge >= 0.3 is 5.97 Å². The summed E-state index contributed by atoms with van der Waals surface area (Å²) in [6.45, 7) is 1.39. The number of methoxy groups -OCH3 is 1. The standard InChI is InChI=1S/C21H20N2O3S/c1-25-19(24)15-4-6-17(7-5-15)21(8-11-26-12-9-21)20-23-18(14-27-20)16-3-2-10-22-13-16/h2-7,10,13-14H,8-9,11-12H2,1H3. The summed E-state index contributed by atoms with van der Waals surface area (Å²) in [6, 6.07) is 11.6. The van der Waals surface area contributed by atoms with Crippen LogP contribution >= 0.6 is 11.3 Å². The van der Waals surface area contributed by atoms with Crippen LogP contribution in [-0.4, -0.2) is 36.3 Å². The van der Waals surface area contributed by atoms with Crippen molar-refractivity contribution in [2.75, 3.05) is 20.3 Å². The third-order valence-corrected chi connectivity index (χ3v) is 6.12. The first-order valence-corrected chi connectivity index (χ1v) is 9.74. The Bertz CT molecular complexity index is 916. The van der Waals surface area contributed by atoms with Gasteiger partial charge in [-0.2, -0.15) is 0 Å². The molecule has 3 aromatic rings. The van der Waals surface area contributed by atoms with Gasteiger partial charge < -0.3 is 9.47 Å². The highest BCUT2D eigenvalue weighted by atomic mass is 32.1. The zero-order valence-corrected chi connectivity index (χ0v) is 15.9. The molecular weight excluding hydrogens is 360 g/mol. The summed E-state index contributed by atoms with van der Waals surface area (Å²) in [5, 5.41) is 3.17. The maximum atomic E-state index is 11.8. The average molecular weight is 380 g/mol. The van der Waals surface area contributed by atoms with E-state index in [-0.39, 0.29) is 11.4 Å². The van der Waals surface area contributed by atoms with Crippen molar-refractivity contribution in [3.05, 3.63) is 70.3 Å². The molecule has 0 atom stereocenters. The second-order valence-corrected chi connectivity index (χ2v) is 7.40. The molecule has 138 valence electrons. The topological polar surface area (TPSA) is 61.3 Å². The lowest BCUT2D eigenvalue weighted by Crippen LogP contribution is -2.35. The molecule has 0 bridgehead atoms. The Balaban J connectivity index is 1.73. The molecule has 1 aromatic carbocycles. The molecule has 1 aliphatic rings. The van der Waals surface area contributed by atoms with E-state index in [4.69, 9.17) is 14.5 Å². The van der Waals surface area contributed by atoms with E-state index in [0.717, 1.165) is 34.7 Å². The van der Waals surface area contributed by atoms with Crippen LogP contribution in [0.15, 0.2) is 54.2 Å². The molecule has 0 aliphatic carbocycles. The first-order chi connectivity index (χ1) is 13.2. The van der Waals surface area contributed by atoms with Crippen molar-refractivity contribution < 1.29 is 14.3 Å². The van der Waals surface area contributed by atoms with Crippen LogP contribution < -0.4 is 0 Å².